The normalized spacial score (nSPS) is 17.5. The highest BCUT2D eigenvalue weighted by atomic mass is 35.5. The molecule has 25 nitrogen and oxygen atoms in total. The second kappa shape index (κ2) is 24.3. The van der Waals surface area contributed by atoms with Gasteiger partial charge in [-0.05, 0) is 51.0 Å². The van der Waals surface area contributed by atoms with E-state index in [2.05, 4.69) is 31.3 Å². The quantitative estimate of drug-likeness (QED) is 0.0471. The van der Waals surface area contributed by atoms with Crippen LogP contribution in [0.5, 0.6) is 11.5 Å². The van der Waals surface area contributed by atoms with Crippen LogP contribution in [0.4, 0.5) is 0 Å². The van der Waals surface area contributed by atoms with Gasteiger partial charge >= 0.3 is 0 Å². The van der Waals surface area contributed by atoms with Crippen molar-refractivity contribution in [3.8, 4) is 11.5 Å². The molecule has 4 aromatic rings. The molecule has 8 amide bonds. The molecule has 26 heteroatoms. The van der Waals surface area contributed by atoms with Crippen LogP contribution in [0.1, 0.15) is 92.4 Å². The van der Waals surface area contributed by atoms with E-state index in [1.165, 1.54) is 16.8 Å². The monoisotopic (exact) mass is 992 g/mol. The molecule has 0 bridgehead atoms. The zero-order valence-corrected chi connectivity index (χ0v) is 38.8. The first-order valence-electron chi connectivity index (χ1n) is 22.0. The molecule has 8 rings (SSSR count). The number of benzene rings is 2. The Balaban J connectivity index is 0.000000229. The largest absolute Gasteiger partial charge is 0.490 e. The molecule has 0 spiro atoms. The summed E-state index contributed by atoms with van der Waals surface area (Å²) >= 11 is 0. The standard InChI is InChI=1S/C24H29N5O8.C20H19N5O7.ClH/c1-3-35-20(36-4-2)13-28-12-15(26-27-28)14-34-10-11-37-18-7-5-6-16-21(18)24(33)29(23(16)32)17-8-9-19(30)25-22(17)31;26-7-6-24-10-12(22-23-24)11-31-8-9-32-15-3-1-2-13-17(15)20(30)25(19(13)29)14-4-5-16(27)21-18(14)28;/h5-7,12,17,20H,3-4,8-11,13-14H2,1-2H3,(H,25,30,31);1-3,7,10,14H,4-6,8-9,11H2,(H,21,27,28);1H. The highest BCUT2D eigenvalue weighted by Gasteiger charge is 2.47. The molecule has 2 saturated heterocycles. The average Bonchev–Trinajstić information content (AvgIpc) is 4.09. The number of nitrogens with one attached hydrogen (secondary N) is 2. The summed E-state index contributed by atoms with van der Waals surface area (Å²) in [5, 5.41) is 20.1. The highest BCUT2D eigenvalue weighted by molar-refractivity contribution is 6.25. The maximum atomic E-state index is 13.1. The summed E-state index contributed by atoms with van der Waals surface area (Å²) in [6.07, 6.45) is 3.90. The number of halogens is 1. The van der Waals surface area contributed by atoms with Crippen LogP contribution < -0.4 is 20.1 Å². The number of carbonyl (C=O) groups excluding carboxylic acids is 9. The minimum Gasteiger partial charge on any atom is -0.490 e. The van der Waals surface area contributed by atoms with Gasteiger partial charge in [-0.2, -0.15) is 0 Å². The number of rotatable bonds is 22. The van der Waals surface area contributed by atoms with E-state index in [4.69, 9.17) is 28.4 Å². The van der Waals surface area contributed by atoms with E-state index in [1.54, 1.807) is 41.3 Å². The van der Waals surface area contributed by atoms with Crippen LogP contribution in [-0.2, 0) is 69.2 Å². The lowest BCUT2D eigenvalue weighted by Gasteiger charge is -2.27. The van der Waals surface area contributed by atoms with Crippen LogP contribution in [0.25, 0.3) is 0 Å². The molecule has 0 aliphatic carbocycles. The number of hydrogen-bond acceptors (Lipinski definition) is 19. The smallest absolute Gasteiger partial charge is 0.266 e. The van der Waals surface area contributed by atoms with Crippen LogP contribution in [0.15, 0.2) is 48.8 Å². The summed E-state index contributed by atoms with van der Waals surface area (Å²) in [6.45, 7) is 6.27. The van der Waals surface area contributed by atoms with Gasteiger partial charge in [-0.1, -0.05) is 22.6 Å². The summed E-state index contributed by atoms with van der Waals surface area (Å²) in [6, 6.07) is 7.25. The summed E-state index contributed by atoms with van der Waals surface area (Å²) in [4.78, 5) is 111. The summed E-state index contributed by atoms with van der Waals surface area (Å²) in [7, 11) is 0. The predicted octanol–water partition coefficient (Wildman–Crippen LogP) is 0.570. The molecular weight excluding hydrogens is 944 g/mol. The zero-order valence-electron chi connectivity index (χ0n) is 37.9. The number of hydrogen-bond donors (Lipinski definition) is 2. The first-order chi connectivity index (χ1) is 33.4. The molecule has 0 saturated carbocycles. The first-order valence-corrected chi connectivity index (χ1v) is 22.0. The summed E-state index contributed by atoms with van der Waals surface area (Å²) in [5.41, 5.74) is 1.64. The van der Waals surface area contributed by atoms with E-state index < -0.39 is 65.6 Å². The van der Waals surface area contributed by atoms with Crippen LogP contribution in [-0.4, -0.2) is 151 Å². The lowest BCUT2D eigenvalue weighted by atomic mass is 10.0. The average molecular weight is 993 g/mol. The van der Waals surface area contributed by atoms with E-state index in [0.717, 1.165) is 9.80 Å². The molecular formula is C44H49ClN10O15. The van der Waals surface area contributed by atoms with Crippen LogP contribution >= 0.6 is 12.4 Å². The van der Waals surface area contributed by atoms with Gasteiger partial charge in [-0.25, -0.2) is 9.36 Å². The summed E-state index contributed by atoms with van der Waals surface area (Å²) < 4.78 is 36.5. The number of nitrogens with zero attached hydrogens (tertiary/aromatic N) is 8. The SMILES string of the molecule is CCOC(Cn1cc(COCCOc2cccc3c2C(=O)N(C2CCC(=O)NC2=O)C3=O)nn1)OCC.Cl.O=CCn1cc(COCCOc2cccc3c2C(=O)N(C2CCC(=O)NC2=O)C3=O)nn1. The van der Waals surface area contributed by atoms with Crippen molar-refractivity contribution in [2.45, 2.75) is 84.2 Å². The lowest BCUT2D eigenvalue weighted by molar-refractivity contribution is -0.145. The molecule has 4 aliphatic rings. The van der Waals surface area contributed by atoms with E-state index in [9.17, 15) is 43.2 Å². The Hall–Kier alpha value is -7.32. The molecule has 2 unspecified atom stereocenters. The Morgan fingerprint density at radius 3 is 1.54 bits per heavy atom. The lowest BCUT2D eigenvalue weighted by Crippen LogP contribution is -2.54. The highest BCUT2D eigenvalue weighted by Crippen LogP contribution is 2.35. The molecule has 2 aromatic heterocycles. The fourth-order valence-corrected chi connectivity index (χ4v) is 7.73. The Bertz CT molecular complexity index is 2610. The van der Waals surface area contributed by atoms with Gasteiger partial charge in [0.2, 0.25) is 23.6 Å². The van der Waals surface area contributed by atoms with Crippen molar-refractivity contribution in [3.05, 3.63) is 82.4 Å². The van der Waals surface area contributed by atoms with Crippen LogP contribution in [0.2, 0.25) is 0 Å². The second-order valence-electron chi connectivity index (χ2n) is 15.4. The van der Waals surface area contributed by atoms with Gasteiger partial charge in [0.15, 0.2) is 6.29 Å². The number of aromatic nitrogens is 6. The maximum Gasteiger partial charge on any atom is 0.266 e. The van der Waals surface area contributed by atoms with Gasteiger partial charge < -0.3 is 33.2 Å². The van der Waals surface area contributed by atoms with Crippen LogP contribution in [0.3, 0.4) is 0 Å². The number of piperidine rings is 2. The van der Waals surface area contributed by atoms with Gasteiger partial charge in [0, 0.05) is 26.1 Å². The molecule has 4 aliphatic heterocycles. The van der Waals surface area contributed by atoms with E-state index in [-0.39, 0.29) is 118 Å². The van der Waals surface area contributed by atoms with Gasteiger partial charge in [-0.3, -0.25) is 58.8 Å². The number of carbonyl (C=O) groups is 9. The van der Waals surface area contributed by atoms with Crippen molar-refractivity contribution in [2.75, 3.05) is 39.6 Å². The minimum absolute atomic E-state index is 0. The van der Waals surface area contributed by atoms with Crippen molar-refractivity contribution in [1.29, 1.82) is 0 Å². The molecule has 2 N–H and O–H groups in total. The number of amides is 8. The zero-order chi connectivity index (χ0) is 49.0. The van der Waals surface area contributed by atoms with Gasteiger partial charge in [0.1, 0.15) is 54.5 Å². The van der Waals surface area contributed by atoms with E-state index >= 15 is 0 Å². The first kappa shape index (κ1) is 52.1. The molecule has 372 valence electrons. The topological polar surface area (TPSA) is 301 Å². The molecule has 2 aromatic carbocycles. The third-order valence-corrected chi connectivity index (χ3v) is 10.8. The van der Waals surface area contributed by atoms with Gasteiger partial charge in [0.05, 0.1) is 74.2 Å². The second-order valence-corrected chi connectivity index (χ2v) is 15.4. The third kappa shape index (κ3) is 12.1. The fourth-order valence-electron chi connectivity index (χ4n) is 7.73. The minimum atomic E-state index is -1.04. The molecule has 2 atom stereocenters. The van der Waals surface area contributed by atoms with Crippen molar-refractivity contribution in [2.24, 2.45) is 0 Å². The Morgan fingerprint density at radius 1 is 0.643 bits per heavy atom. The van der Waals surface area contributed by atoms with E-state index in [0.29, 0.717) is 37.4 Å². The molecule has 6 heterocycles. The fraction of sp³-hybridized carbons (Fsp3) is 0.432. The van der Waals surface area contributed by atoms with E-state index in [1.807, 2.05) is 13.8 Å². The third-order valence-electron chi connectivity index (χ3n) is 10.8. The number of imide groups is 4. The number of ether oxygens (including phenoxy) is 6. The van der Waals surface area contributed by atoms with Gasteiger partial charge in [0.25, 0.3) is 23.6 Å². The van der Waals surface area contributed by atoms with Crippen molar-refractivity contribution in [3.63, 3.8) is 0 Å². The Kier molecular flexibility index (Phi) is 18.1. The molecule has 2 fully saturated rings. The Morgan fingerprint density at radius 2 is 1.10 bits per heavy atom. The molecule has 0 radical (unpaired) electrons. The summed E-state index contributed by atoms with van der Waals surface area (Å²) in [5.74, 6) is -4.21. The van der Waals surface area contributed by atoms with Crippen LogP contribution in [0, 0.1) is 0 Å². The predicted molar refractivity (Wildman–Crippen MR) is 237 cm³/mol. The maximum absolute atomic E-state index is 13.1. The van der Waals surface area contributed by atoms with Crippen molar-refractivity contribution >= 4 is 66.0 Å². The number of fused-ring (bicyclic) bond motifs is 2. The van der Waals surface area contributed by atoms with Crippen molar-refractivity contribution < 1.29 is 71.6 Å². The Labute approximate surface area is 404 Å². The molecule has 70 heavy (non-hydrogen) atoms. The number of aldehydes is 1. The van der Waals surface area contributed by atoms with Crippen molar-refractivity contribution in [1.82, 2.24) is 50.4 Å². The van der Waals surface area contributed by atoms with Gasteiger partial charge in [-0.15, -0.1) is 22.6 Å².